The molecule has 6 heteroatoms. The molecule has 1 amide bonds. The highest BCUT2D eigenvalue weighted by molar-refractivity contribution is 6.34. The van der Waals surface area contributed by atoms with E-state index in [4.69, 9.17) is 16.3 Å². The summed E-state index contributed by atoms with van der Waals surface area (Å²) in [5.74, 6) is -0.788. The fraction of sp³-hybridized carbons (Fsp3) is 0.550. The molecular formula is C20H24ClNO4. The van der Waals surface area contributed by atoms with Gasteiger partial charge in [0.2, 0.25) is 0 Å². The van der Waals surface area contributed by atoms with Gasteiger partial charge in [0.1, 0.15) is 5.78 Å². The topological polar surface area (TPSA) is 72.5 Å². The molecule has 2 aliphatic carbocycles. The first-order valence-electron chi connectivity index (χ1n) is 9.12. The molecule has 2 bridgehead atoms. The first kappa shape index (κ1) is 18.9. The van der Waals surface area contributed by atoms with Crippen molar-refractivity contribution in [2.45, 2.75) is 46.0 Å². The van der Waals surface area contributed by atoms with E-state index in [-0.39, 0.29) is 30.3 Å². The van der Waals surface area contributed by atoms with Crippen LogP contribution in [0, 0.1) is 31.6 Å². The Morgan fingerprint density at radius 1 is 1.19 bits per heavy atom. The third kappa shape index (κ3) is 4.09. The predicted molar refractivity (Wildman–Crippen MR) is 99.1 cm³/mol. The number of benzene rings is 1. The van der Waals surface area contributed by atoms with Crippen molar-refractivity contribution in [1.82, 2.24) is 0 Å². The molecule has 2 fully saturated rings. The van der Waals surface area contributed by atoms with E-state index in [9.17, 15) is 14.4 Å². The summed E-state index contributed by atoms with van der Waals surface area (Å²) < 4.78 is 5.21. The van der Waals surface area contributed by atoms with Crippen LogP contribution in [0.15, 0.2) is 12.1 Å². The smallest absolute Gasteiger partial charge is 0.309 e. The molecule has 1 aromatic carbocycles. The quantitative estimate of drug-likeness (QED) is 0.809. The van der Waals surface area contributed by atoms with Crippen molar-refractivity contribution in [2.24, 2.45) is 17.8 Å². The molecule has 0 radical (unpaired) electrons. The molecule has 0 heterocycles. The zero-order chi connectivity index (χ0) is 18.8. The maximum atomic E-state index is 12.3. The highest BCUT2D eigenvalue weighted by Gasteiger charge is 2.41. The predicted octanol–water partition coefficient (Wildman–Crippen LogP) is 3.83. The third-order valence-electron chi connectivity index (χ3n) is 5.42. The monoisotopic (exact) mass is 377 g/mol. The number of anilines is 1. The van der Waals surface area contributed by atoms with Crippen molar-refractivity contribution in [3.05, 3.63) is 28.3 Å². The fourth-order valence-electron chi connectivity index (χ4n) is 4.18. The highest BCUT2D eigenvalue weighted by Crippen LogP contribution is 2.40. The largest absolute Gasteiger partial charge is 0.455 e. The summed E-state index contributed by atoms with van der Waals surface area (Å²) in [6.07, 6.45) is 3.90. The van der Waals surface area contributed by atoms with Crippen LogP contribution < -0.4 is 5.32 Å². The number of hydrogen-bond acceptors (Lipinski definition) is 4. The molecule has 1 N–H and O–H groups in total. The summed E-state index contributed by atoms with van der Waals surface area (Å²) >= 11 is 6.18. The van der Waals surface area contributed by atoms with Crippen molar-refractivity contribution in [1.29, 1.82) is 0 Å². The van der Waals surface area contributed by atoms with Gasteiger partial charge in [0.25, 0.3) is 5.91 Å². The number of rotatable bonds is 4. The first-order chi connectivity index (χ1) is 12.3. The summed E-state index contributed by atoms with van der Waals surface area (Å²) in [6.45, 7) is 3.44. The van der Waals surface area contributed by atoms with Gasteiger partial charge in [-0.15, -0.1) is 0 Å². The molecule has 5 nitrogen and oxygen atoms in total. The van der Waals surface area contributed by atoms with E-state index < -0.39 is 5.91 Å². The van der Waals surface area contributed by atoms with Gasteiger partial charge in [-0.1, -0.05) is 24.1 Å². The Morgan fingerprint density at radius 2 is 1.85 bits per heavy atom. The summed E-state index contributed by atoms with van der Waals surface area (Å²) in [5, 5.41) is 3.17. The van der Waals surface area contributed by atoms with E-state index in [0.29, 0.717) is 29.3 Å². The summed E-state index contributed by atoms with van der Waals surface area (Å²) in [6, 6.07) is 3.69. The molecular weight excluding hydrogens is 354 g/mol. The molecule has 0 spiro atoms. The molecule has 0 aromatic heterocycles. The van der Waals surface area contributed by atoms with E-state index in [1.165, 1.54) is 0 Å². The number of halogens is 1. The Bertz CT molecular complexity index is 706. The lowest BCUT2D eigenvalue weighted by Crippen LogP contribution is -2.40. The SMILES string of the molecule is Cc1cc(C)c(NC(=O)COC(=O)C2CC3CCCC(C2)C3=O)c(Cl)c1. The van der Waals surface area contributed by atoms with Crippen LogP contribution in [0.2, 0.25) is 5.02 Å². The minimum Gasteiger partial charge on any atom is -0.455 e. The van der Waals surface area contributed by atoms with Gasteiger partial charge in [0.15, 0.2) is 6.61 Å². The average Bonchev–Trinajstić information content (AvgIpc) is 2.55. The van der Waals surface area contributed by atoms with Crippen LogP contribution in [0.5, 0.6) is 0 Å². The van der Waals surface area contributed by atoms with Crippen LogP contribution in [0.1, 0.15) is 43.2 Å². The van der Waals surface area contributed by atoms with Crippen molar-refractivity contribution < 1.29 is 19.1 Å². The van der Waals surface area contributed by atoms with Gasteiger partial charge in [-0.3, -0.25) is 14.4 Å². The lowest BCUT2D eigenvalue weighted by Gasteiger charge is -2.36. The Hall–Kier alpha value is -1.88. The van der Waals surface area contributed by atoms with Gasteiger partial charge >= 0.3 is 5.97 Å². The number of carbonyl (C=O) groups excluding carboxylic acids is 3. The van der Waals surface area contributed by atoms with Gasteiger partial charge in [0, 0.05) is 11.8 Å². The van der Waals surface area contributed by atoms with Crippen LogP contribution in [0.3, 0.4) is 0 Å². The first-order valence-corrected chi connectivity index (χ1v) is 9.50. The molecule has 2 unspecified atom stereocenters. The van der Waals surface area contributed by atoms with Gasteiger partial charge < -0.3 is 10.1 Å². The number of ketones is 1. The minimum atomic E-state index is -0.417. The number of carbonyl (C=O) groups is 3. The summed E-state index contributed by atoms with van der Waals surface area (Å²) in [4.78, 5) is 36.6. The number of ether oxygens (including phenoxy) is 1. The van der Waals surface area contributed by atoms with E-state index >= 15 is 0 Å². The lowest BCUT2D eigenvalue weighted by molar-refractivity contribution is -0.155. The average molecular weight is 378 g/mol. The second kappa shape index (κ2) is 7.78. The number of nitrogens with one attached hydrogen (secondary N) is 1. The van der Waals surface area contributed by atoms with Crippen molar-refractivity contribution in [3.8, 4) is 0 Å². The Balaban J connectivity index is 1.53. The maximum absolute atomic E-state index is 12.3. The molecule has 0 saturated heterocycles. The van der Waals surface area contributed by atoms with Crippen LogP contribution in [0.25, 0.3) is 0 Å². The highest BCUT2D eigenvalue weighted by atomic mass is 35.5. The third-order valence-corrected chi connectivity index (χ3v) is 5.72. The maximum Gasteiger partial charge on any atom is 0.309 e. The zero-order valence-electron chi connectivity index (χ0n) is 15.1. The Morgan fingerprint density at radius 3 is 2.46 bits per heavy atom. The second-order valence-electron chi connectivity index (χ2n) is 7.49. The number of aryl methyl sites for hydroxylation is 2. The number of Topliss-reactive ketones (excluding diaryl/α,β-unsaturated/α-hetero) is 1. The van der Waals surface area contributed by atoms with Crippen LogP contribution in [-0.2, 0) is 19.1 Å². The zero-order valence-corrected chi connectivity index (χ0v) is 15.9. The fourth-order valence-corrected chi connectivity index (χ4v) is 4.54. The van der Waals surface area contributed by atoms with Crippen LogP contribution in [-0.4, -0.2) is 24.3 Å². The molecule has 2 saturated carbocycles. The summed E-state index contributed by atoms with van der Waals surface area (Å²) in [7, 11) is 0. The number of hydrogen-bond donors (Lipinski definition) is 1. The molecule has 26 heavy (non-hydrogen) atoms. The van der Waals surface area contributed by atoms with E-state index in [1.807, 2.05) is 19.9 Å². The Kier molecular flexibility index (Phi) is 5.66. The van der Waals surface area contributed by atoms with Gasteiger partial charge in [-0.2, -0.15) is 0 Å². The van der Waals surface area contributed by atoms with Crippen molar-refractivity contribution in [2.75, 3.05) is 11.9 Å². The normalized spacial score (nSPS) is 24.9. The Labute approximate surface area is 158 Å². The van der Waals surface area contributed by atoms with Gasteiger partial charge in [-0.25, -0.2) is 0 Å². The molecule has 140 valence electrons. The molecule has 2 atom stereocenters. The van der Waals surface area contributed by atoms with Gasteiger partial charge in [-0.05, 0) is 56.7 Å². The van der Waals surface area contributed by atoms with E-state index in [0.717, 1.165) is 30.4 Å². The standard InChI is InChI=1S/C20H24ClNO4/c1-11-6-12(2)18(16(21)7-11)22-17(23)10-26-20(25)15-8-13-4-3-5-14(9-15)19(13)24/h6-7,13-15H,3-5,8-10H2,1-2H3,(H,22,23). The van der Waals surface area contributed by atoms with E-state index in [2.05, 4.69) is 5.32 Å². The minimum absolute atomic E-state index is 0.0112. The van der Waals surface area contributed by atoms with Crippen LogP contribution >= 0.6 is 11.6 Å². The second-order valence-corrected chi connectivity index (χ2v) is 7.90. The molecule has 0 aliphatic heterocycles. The number of amides is 1. The molecule has 3 rings (SSSR count). The van der Waals surface area contributed by atoms with Crippen molar-refractivity contribution >= 4 is 34.9 Å². The summed E-state index contributed by atoms with van der Waals surface area (Å²) in [5.41, 5.74) is 2.40. The lowest BCUT2D eigenvalue weighted by atomic mass is 9.67. The molecule has 2 aliphatic rings. The number of esters is 1. The van der Waals surface area contributed by atoms with Crippen LogP contribution in [0.4, 0.5) is 5.69 Å². The van der Waals surface area contributed by atoms with E-state index in [1.54, 1.807) is 6.07 Å². The van der Waals surface area contributed by atoms with Gasteiger partial charge in [0.05, 0.1) is 16.6 Å². The number of fused-ring (bicyclic) bond motifs is 2. The van der Waals surface area contributed by atoms with Crippen molar-refractivity contribution in [3.63, 3.8) is 0 Å². The molecule has 1 aromatic rings.